The quantitative estimate of drug-likeness (QED) is 0.478. The summed E-state index contributed by atoms with van der Waals surface area (Å²) in [6, 6.07) is 14.5. The van der Waals surface area contributed by atoms with Crippen LogP contribution in [-0.2, 0) is 9.59 Å². The van der Waals surface area contributed by atoms with Gasteiger partial charge in [0.2, 0.25) is 12.2 Å². The molecule has 0 spiro atoms. The average molecular weight is 262 g/mol. The van der Waals surface area contributed by atoms with Crippen molar-refractivity contribution in [1.82, 2.24) is 0 Å². The third kappa shape index (κ3) is 3.47. The third-order valence-electron chi connectivity index (χ3n) is 2.61. The van der Waals surface area contributed by atoms with Crippen molar-refractivity contribution in [3.8, 4) is 0 Å². The molecule has 20 heavy (non-hydrogen) atoms. The highest BCUT2D eigenvalue weighted by Gasteiger charge is 2.00. The van der Waals surface area contributed by atoms with Crippen LogP contribution in [0, 0.1) is 0 Å². The highest BCUT2D eigenvalue weighted by atomic mass is 16.1. The Bertz CT molecular complexity index is 723. The van der Waals surface area contributed by atoms with Crippen molar-refractivity contribution in [3.63, 3.8) is 0 Å². The Morgan fingerprint density at radius 1 is 0.850 bits per heavy atom. The Morgan fingerprint density at radius 3 is 2.30 bits per heavy atom. The van der Waals surface area contributed by atoms with Gasteiger partial charge in [0.05, 0.1) is 11.4 Å². The van der Waals surface area contributed by atoms with Crippen LogP contribution < -0.4 is 0 Å². The van der Waals surface area contributed by atoms with Crippen LogP contribution in [0.5, 0.6) is 0 Å². The van der Waals surface area contributed by atoms with Crippen molar-refractivity contribution < 1.29 is 9.59 Å². The molecule has 4 nitrogen and oxygen atoms in total. The van der Waals surface area contributed by atoms with E-state index in [0.717, 1.165) is 5.56 Å². The van der Waals surface area contributed by atoms with Gasteiger partial charge >= 0.3 is 0 Å². The minimum atomic E-state index is 0.456. The molecule has 96 valence electrons. The zero-order chi connectivity index (χ0) is 14.2. The molecule has 0 fully saturated rings. The standard InChI is InChI=1S/C16H10N2O2/c19-11-17-15-8-9-16(18-12-20)14(10-15)7-6-13-4-2-1-3-5-13/h1-10H/b7-6+. The van der Waals surface area contributed by atoms with Crippen molar-refractivity contribution in [1.29, 1.82) is 0 Å². The highest BCUT2D eigenvalue weighted by molar-refractivity contribution is 5.78. The van der Waals surface area contributed by atoms with Crippen LogP contribution in [0.15, 0.2) is 58.5 Å². The molecule has 0 bridgehead atoms. The van der Waals surface area contributed by atoms with E-state index < -0.39 is 0 Å². The maximum atomic E-state index is 10.4. The predicted molar refractivity (Wildman–Crippen MR) is 77.4 cm³/mol. The van der Waals surface area contributed by atoms with E-state index in [0.29, 0.717) is 16.9 Å². The lowest BCUT2D eigenvalue weighted by molar-refractivity contribution is 0.564. The molecular weight excluding hydrogens is 252 g/mol. The summed E-state index contributed by atoms with van der Waals surface area (Å²) in [7, 11) is 0. The minimum absolute atomic E-state index is 0.456. The molecule has 0 amide bonds. The molecule has 0 aromatic heterocycles. The molecule has 0 aliphatic heterocycles. The van der Waals surface area contributed by atoms with Crippen LogP contribution in [0.25, 0.3) is 12.2 Å². The lowest BCUT2D eigenvalue weighted by atomic mass is 10.1. The number of hydrogen-bond donors (Lipinski definition) is 0. The first-order valence-electron chi connectivity index (χ1n) is 5.86. The normalized spacial score (nSPS) is 9.80. The largest absolute Gasteiger partial charge is 0.240 e. The molecule has 4 heteroatoms. The molecular formula is C16H10N2O2. The topological polar surface area (TPSA) is 58.9 Å². The van der Waals surface area contributed by atoms with E-state index in [2.05, 4.69) is 9.98 Å². The van der Waals surface area contributed by atoms with E-state index in [1.807, 2.05) is 36.4 Å². The Balaban J connectivity index is 2.42. The van der Waals surface area contributed by atoms with Crippen molar-refractivity contribution in [3.05, 3.63) is 59.7 Å². The Morgan fingerprint density at radius 2 is 1.60 bits per heavy atom. The average Bonchev–Trinajstić information content (AvgIpc) is 2.49. The van der Waals surface area contributed by atoms with Gasteiger partial charge in [0.25, 0.3) is 0 Å². The highest BCUT2D eigenvalue weighted by Crippen LogP contribution is 2.26. The summed E-state index contributed by atoms with van der Waals surface area (Å²) >= 11 is 0. The van der Waals surface area contributed by atoms with Gasteiger partial charge in [-0.1, -0.05) is 42.5 Å². The van der Waals surface area contributed by atoms with Crippen LogP contribution >= 0.6 is 0 Å². The van der Waals surface area contributed by atoms with Gasteiger partial charge in [0, 0.05) is 5.56 Å². The van der Waals surface area contributed by atoms with Crippen molar-refractivity contribution in [2.24, 2.45) is 9.98 Å². The molecule has 2 rings (SSSR count). The second kappa shape index (κ2) is 6.76. The van der Waals surface area contributed by atoms with Gasteiger partial charge in [0.1, 0.15) is 0 Å². The van der Waals surface area contributed by atoms with Crippen LogP contribution in [0.2, 0.25) is 0 Å². The second-order valence-corrected chi connectivity index (χ2v) is 3.89. The van der Waals surface area contributed by atoms with Gasteiger partial charge in [-0.2, -0.15) is 9.98 Å². The third-order valence-corrected chi connectivity index (χ3v) is 2.61. The fraction of sp³-hybridized carbons (Fsp3) is 0. The maximum Gasteiger partial charge on any atom is 0.240 e. The Hall–Kier alpha value is -3.06. The van der Waals surface area contributed by atoms with Gasteiger partial charge in [-0.3, -0.25) is 0 Å². The summed E-state index contributed by atoms with van der Waals surface area (Å²) in [6.45, 7) is 0. The number of nitrogens with zero attached hydrogens (tertiary/aromatic N) is 2. The fourth-order valence-corrected chi connectivity index (χ4v) is 1.70. The SMILES string of the molecule is O=C=Nc1ccc(N=C=O)c(/C=C/c2ccccc2)c1. The minimum Gasteiger partial charge on any atom is -0.211 e. The molecule has 0 aliphatic rings. The zero-order valence-corrected chi connectivity index (χ0v) is 10.5. The van der Waals surface area contributed by atoms with E-state index in [1.165, 1.54) is 12.2 Å². The van der Waals surface area contributed by atoms with Gasteiger partial charge in [-0.25, -0.2) is 9.59 Å². The summed E-state index contributed by atoms with van der Waals surface area (Å²) in [6.07, 6.45) is 6.67. The van der Waals surface area contributed by atoms with Gasteiger partial charge < -0.3 is 0 Å². The zero-order valence-electron chi connectivity index (χ0n) is 10.5. The van der Waals surface area contributed by atoms with Crippen molar-refractivity contribution in [2.45, 2.75) is 0 Å². The number of isocyanates is 2. The van der Waals surface area contributed by atoms with Crippen molar-refractivity contribution in [2.75, 3.05) is 0 Å². The monoisotopic (exact) mass is 262 g/mol. The maximum absolute atomic E-state index is 10.4. The number of rotatable bonds is 4. The van der Waals surface area contributed by atoms with E-state index in [4.69, 9.17) is 0 Å². The molecule has 2 aromatic rings. The Kier molecular flexibility index (Phi) is 4.52. The molecule has 0 atom stereocenters. The first-order valence-corrected chi connectivity index (χ1v) is 5.86. The smallest absolute Gasteiger partial charge is 0.211 e. The van der Waals surface area contributed by atoms with Crippen LogP contribution in [-0.4, -0.2) is 12.2 Å². The van der Waals surface area contributed by atoms with E-state index in [1.54, 1.807) is 24.3 Å². The molecule has 0 saturated carbocycles. The van der Waals surface area contributed by atoms with Gasteiger partial charge in [0.15, 0.2) is 0 Å². The fourth-order valence-electron chi connectivity index (χ4n) is 1.70. The van der Waals surface area contributed by atoms with E-state index in [9.17, 15) is 9.59 Å². The van der Waals surface area contributed by atoms with Crippen LogP contribution in [0.4, 0.5) is 11.4 Å². The first-order chi connectivity index (χ1) is 9.83. The van der Waals surface area contributed by atoms with Gasteiger partial charge in [-0.15, -0.1) is 0 Å². The van der Waals surface area contributed by atoms with Gasteiger partial charge in [-0.05, 0) is 23.8 Å². The second-order valence-electron chi connectivity index (χ2n) is 3.89. The first kappa shape index (κ1) is 13.4. The van der Waals surface area contributed by atoms with Crippen LogP contribution in [0.3, 0.4) is 0 Å². The summed E-state index contributed by atoms with van der Waals surface area (Å²) < 4.78 is 0. The summed E-state index contributed by atoms with van der Waals surface area (Å²) in [5.41, 5.74) is 2.61. The van der Waals surface area contributed by atoms with E-state index in [-0.39, 0.29) is 0 Å². The molecule has 0 unspecified atom stereocenters. The molecule has 0 heterocycles. The summed E-state index contributed by atoms with van der Waals surface area (Å²) in [4.78, 5) is 27.9. The molecule has 0 N–H and O–H groups in total. The number of carbonyl (C=O) groups excluding carboxylic acids is 2. The summed E-state index contributed by atoms with van der Waals surface area (Å²) in [5, 5.41) is 0. The van der Waals surface area contributed by atoms with E-state index >= 15 is 0 Å². The molecule has 0 aliphatic carbocycles. The predicted octanol–water partition coefficient (Wildman–Crippen LogP) is 3.79. The summed E-state index contributed by atoms with van der Waals surface area (Å²) in [5.74, 6) is 0. The molecule has 0 radical (unpaired) electrons. The Labute approximate surface area is 115 Å². The molecule has 2 aromatic carbocycles. The van der Waals surface area contributed by atoms with Crippen molar-refractivity contribution >= 4 is 35.7 Å². The lowest BCUT2D eigenvalue weighted by Gasteiger charge is -2.00. The van der Waals surface area contributed by atoms with Crippen LogP contribution in [0.1, 0.15) is 11.1 Å². The molecule has 0 saturated heterocycles. The number of benzene rings is 2. The number of hydrogen-bond acceptors (Lipinski definition) is 4. The number of aliphatic imine (C=N–C) groups is 2. The lowest BCUT2D eigenvalue weighted by Crippen LogP contribution is -1.76.